The minimum atomic E-state index is -3.10. The van der Waals surface area contributed by atoms with Gasteiger partial charge in [-0.05, 0) is 145 Å². The fourth-order valence-electron chi connectivity index (χ4n) is 13.1. The number of imidazole rings is 1. The number of pyridine rings is 2. The van der Waals surface area contributed by atoms with Gasteiger partial charge in [0.15, 0.2) is 23.6 Å². The number of fused-ring (bicyclic) bond motifs is 2. The molecule has 15 rings (SSSR count). The van der Waals surface area contributed by atoms with Crippen molar-refractivity contribution in [2.24, 2.45) is 86.4 Å². The number of nitrogens with zero attached hydrogens (tertiary/aromatic N) is 7. The zero-order valence-electron chi connectivity index (χ0n) is 85.0. The number of alkyl halides is 4. The first kappa shape index (κ1) is 128. The topological polar surface area (TPSA) is 803 Å². The van der Waals surface area contributed by atoms with E-state index in [0.29, 0.717) is 125 Å². The number of H-pyrrole nitrogens is 2. The standard InChI is InChI=1S/C29H25F2N3O2.C19H20N6O4.C8H15F2N3O2.C8H16FN3O2.C7H11ClN2.C6H8N2.C5H10N2.C4H6N4.C3H9N3S.C3H6N2S.C2H7N3.C2H6N2S/c30-23-8-11-25(27(31)18-23)26-12-13-28(33-29(26)22-4-2-1-3-5-22)36-17-16-35-24-9-6-21(7-10-24)19-34-15-14-32-20-34;26-10-14(23-17-4-6-22-19(24-17)25-8-7-20-11-25)18(27)21-5-3-13-1-2-15-16(9-13)29-12-28-15;1-5(11)13-3-2-8(9,10)4-6(12)7(14)15;1-5(10)12-3-2-6(9)4-7(11)8(13)14;1-3-2-4(9)10-7-5(3)6(7)8;1-5-2-3-8-6(7)4-5;6-5-3-1-2-4-7-5;5-4(6)8-3-1-2-7-8;4-1-2-7-3(5)6;4-3-5-1-2-6-3;2*1-5-2(3)4/h1-13,18,20H,14-17,19H2;1-2,4,6-9,11,14,26H,3,5,10,12H2,(H2,21,22,23,24,27);6H,2-4,12H2,1H3,(H2,11,13)(H,14,15);6-7H,2-4,11H2,1H3,(H2,10,12)(H,13,14);3,5-7H,2H2,1H3,(H2,9,10);2-4H,1H3,(H2,7,8);1-4H2,(H2,6,7);1-3H,(H3,5,6);1-2,4H2,(H3,5,6);1-2H2,(H2,4,5);1H3,(H4,3,4,5);1H3,(H3,3,4)/p+12/t;;;;3-,5-,6+,7-;;;;;;;/m....0......./s1. The molecule has 0 spiro atoms. The molecule has 6 aliphatic rings. The lowest BCUT2D eigenvalue weighted by Gasteiger charge is -2.16. The summed E-state index contributed by atoms with van der Waals surface area (Å²) in [4.78, 5) is 68.9. The number of carboxylic acids is 2. The Morgan fingerprint density at radius 3 is 2.01 bits per heavy atom. The van der Waals surface area contributed by atoms with E-state index in [4.69, 9.17) is 137 Å². The highest BCUT2D eigenvalue weighted by Crippen LogP contribution is 2.42. The fraction of sp³-hybridized carbons (Fsp3) is 0.406. The number of nitrogens with one attached hydrogen (secondary N) is 11. The normalized spacial score (nSPS) is 15.7. The number of aliphatic hydroxyl groups is 1. The van der Waals surface area contributed by atoms with Gasteiger partial charge in [-0.2, -0.15) is 4.57 Å². The number of anilines is 2. The van der Waals surface area contributed by atoms with Crippen molar-refractivity contribution in [1.29, 1.82) is 0 Å². The Morgan fingerprint density at radius 2 is 1.49 bits per heavy atom. The number of nitrogens with two attached hydrogens (primary N) is 17. The first-order valence-electron chi connectivity index (χ1n) is 47.3. The highest BCUT2D eigenvalue weighted by atomic mass is 35.5. The van der Waals surface area contributed by atoms with Crippen LogP contribution in [0.25, 0.3) is 28.3 Å². The number of aromatic amines is 2. The van der Waals surface area contributed by atoms with Crippen molar-refractivity contribution in [3.05, 3.63) is 199 Å². The fourth-order valence-corrected chi connectivity index (χ4v) is 14.6. The van der Waals surface area contributed by atoms with Gasteiger partial charge in [-0.3, -0.25) is 139 Å². The lowest BCUT2D eigenvalue weighted by Crippen LogP contribution is -2.80. The lowest BCUT2D eigenvalue weighted by molar-refractivity contribution is -0.602. The average molecular weight is 2180 g/mol. The van der Waals surface area contributed by atoms with Gasteiger partial charge in [0.2, 0.25) is 48.3 Å². The van der Waals surface area contributed by atoms with Gasteiger partial charge in [0.25, 0.3) is 22.1 Å². The second-order valence-corrected chi connectivity index (χ2v) is 37.0. The number of aliphatic carboxylic acids is 2. The molecule has 0 bridgehead atoms. The highest BCUT2D eigenvalue weighted by Gasteiger charge is 2.57. The second-order valence-electron chi connectivity index (χ2n) is 33.3. The van der Waals surface area contributed by atoms with Crippen molar-refractivity contribution in [1.82, 2.24) is 40.3 Å². The molecule has 0 radical (unpaired) electrons. The first-order valence-corrected chi connectivity index (χ1v) is 51.0. The quantitative estimate of drug-likeness (QED) is 0.00479. The zero-order valence-corrected chi connectivity index (χ0v) is 88.2. The Hall–Kier alpha value is -14.8. The molecular formula is C96H151ClF5N35O10S3+12. The maximum atomic E-state index is 14.5. The van der Waals surface area contributed by atoms with Gasteiger partial charge in [-0.25, -0.2) is 31.9 Å². The molecule has 54 heteroatoms. The summed E-state index contributed by atoms with van der Waals surface area (Å²) in [6, 6.07) is 34.4. The van der Waals surface area contributed by atoms with E-state index in [1.807, 2.05) is 98.5 Å². The summed E-state index contributed by atoms with van der Waals surface area (Å²) < 4.78 is 94.8. The molecule has 1 fully saturated rings. The Bertz CT molecular complexity index is 5770. The molecule has 5 aliphatic heterocycles. The van der Waals surface area contributed by atoms with Gasteiger partial charge < -0.3 is 62.1 Å². The van der Waals surface area contributed by atoms with Crippen molar-refractivity contribution in [2.75, 3.05) is 115 Å². The molecule has 9 aromatic rings. The third kappa shape index (κ3) is 54.2. The monoisotopic (exact) mass is 2180 g/mol. The number of aryl methyl sites for hydroxylation is 1. The maximum absolute atomic E-state index is 14.5. The van der Waals surface area contributed by atoms with Crippen LogP contribution in [0.15, 0.2) is 171 Å². The summed E-state index contributed by atoms with van der Waals surface area (Å²) in [5, 5.41) is 56.3. The highest BCUT2D eigenvalue weighted by molar-refractivity contribution is 8.14. The Balaban J connectivity index is 0.000000365. The predicted octanol–water partition coefficient (Wildman–Crippen LogP) is -11.4. The number of aromatic nitrogens is 8. The minimum Gasteiger partial charge on any atom is -0.490 e. The van der Waals surface area contributed by atoms with Crippen LogP contribution in [0.1, 0.15) is 88.8 Å². The number of rotatable bonds is 31. The molecule has 1 saturated carbocycles. The van der Waals surface area contributed by atoms with Crippen LogP contribution in [0.5, 0.6) is 23.1 Å². The molecule has 4 aromatic carbocycles. The van der Waals surface area contributed by atoms with Crippen LogP contribution in [0.4, 0.5) is 33.6 Å². The number of carboxylic acid groups (broad SMARTS) is 2. The summed E-state index contributed by atoms with van der Waals surface area (Å²) in [5.41, 5.74) is 78.1. The summed E-state index contributed by atoms with van der Waals surface area (Å²) in [6.07, 6.45) is 18.4. The van der Waals surface area contributed by atoms with Crippen molar-refractivity contribution in [3.8, 4) is 51.5 Å². The van der Waals surface area contributed by atoms with Crippen LogP contribution < -0.4 is 171 Å². The molecule has 0 saturated heterocycles. The molecule has 8 atom stereocenters. The molecule has 150 heavy (non-hydrogen) atoms. The average Bonchev–Trinajstić information content (AvgIpc) is 1.60. The molecule has 48 N–H and O–H groups in total. The van der Waals surface area contributed by atoms with E-state index in [1.54, 1.807) is 98.8 Å². The molecule has 1 amide bonds. The van der Waals surface area contributed by atoms with Crippen LogP contribution in [0, 0.1) is 30.4 Å². The van der Waals surface area contributed by atoms with Gasteiger partial charge in [-0.15, -0.1) is 26.4 Å². The van der Waals surface area contributed by atoms with E-state index in [9.17, 15) is 41.4 Å². The van der Waals surface area contributed by atoms with Crippen molar-refractivity contribution >= 4 is 133 Å². The number of hydrogen-bond acceptors (Lipinski definition) is 24. The Kier molecular flexibility index (Phi) is 60.3. The molecule has 10 heterocycles. The number of amidine groups is 7. The van der Waals surface area contributed by atoms with Gasteiger partial charge in [0.1, 0.15) is 80.6 Å². The number of amides is 1. The number of nitrogen functional groups attached to an aromatic ring is 1. The van der Waals surface area contributed by atoms with Crippen molar-refractivity contribution in [2.45, 2.75) is 134 Å². The number of carbonyl (C=O) groups excluding carboxylic acids is 1. The number of guanidine groups is 1. The number of carbonyl (C=O) groups is 3. The van der Waals surface area contributed by atoms with Crippen LogP contribution in [-0.2, 0) is 27.3 Å². The van der Waals surface area contributed by atoms with E-state index >= 15 is 0 Å². The van der Waals surface area contributed by atoms with Crippen molar-refractivity contribution < 1.29 is 131 Å². The smallest absolute Gasteiger partial charge is 0.390 e. The number of ether oxygens (including phenoxy) is 4. The molecule has 45 nitrogen and oxygen atoms in total. The maximum Gasteiger partial charge on any atom is 0.390 e. The molecule has 4 unspecified atom stereocenters. The summed E-state index contributed by atoms with van der Waals surface area (Å²) in [6.45, 7) is 14.3. The van der Waals surface area contributed by atoms with Crippen LogP contribution >= 0.6 is 46.9 Å². The summed E-state index contributed by atoms with van der Waals surface area (Å²) >= 11 is 10.4. The third-order valence-corrected chi connectivity index (χ3v) is 23.4. The summed E-state index contributed by atoms with van der Waals surface area (Å²) in [5.74, 6) is 3.38. The molecule has 1 aliphatic carbocycles. The Morgan fingerprint density at radius 1 is 0.813 bits per heavy atom. The number of aliphatic hydroxyl groups excluding tert-OH is 1. The number of thioether (sulfide) groups is 3. The zero-order chi connectivity index (χ0) is 111. The second kappa shape index (κ2) is 71.0. The summed E-state index contributed by atoms with van der Waals surface area (Å²) in [7, 11) is 1.66. The van der Waals surface area contributed by atoms with Gasteiger partial charge in [0, 0.05) is 117 Å². The molecule has 818 valence electrons. The van der Waals surface area contributed by atoms with Gasteiger partial charge in [-0.1, -0.05) is 60.4 Å². The lowest BCUT2D eigenvalue weighted by atomic mass is 9.99. The van der Waals surface area contributed by atoms with E-state index in [-0.39, 0.29) is 56.2 Å². The van der Waals surface area contributed by atoms with Crippen LogP contribution in [0.3, 0.4) is 0 Å². The first-order chi connectivity index (χ1) is 71.4. The number of benzene rings is 4. The van der Waals surface area contributed by atoms with E-state index < -0.39 is 66.6 Å². The van der Waals surface area contributed by atoms with Crippen molar-refractivity contribution in [3.63, 3.8) is 0 Å². The van der Waals surface area contributed by atoms with E-state index in [2.05, 4.69) is 99.6 Å². The van der Waals surface area contributed by atoms with Crippen LogP contribution in [0.2, 0.25) is 0 Å². The third-order valence-electron chi connectivity index (χ3n) is 20.8. The predicted molar refractivity (Wildman–Crippen MR) is 574 cm³/mol. The Labute approximate surface area is 885 Å². The van der Waals surface area contributed by atoms with Crippen LogP contribution in [-0.4, -0.2) is 270 Å². The van der Waals surface area contributed by atoms with Gasteiger partial charge >= 0.3 is 35.0 Å². The molecule has 5 aromatic heterocycles. The van der Waals surface area contributed by atoms with Gasteiger partial charge in [0.05, 0.1) is 94.5 Å². The number of halogens is 6. The number of hydrogen-bond donors (Lipinski definition) is 30. The van der Waals surface area contributed by atoms with E-state index in [0.717, 1.165) is 103 Å². The largest absolute Gasteiger partial charge is 0.490 e. The minimum absolute atomic E-state index is 0.0122. The SMILES string of the molecule is CC(N)=[NH+]CCC(F)(F)CC(N)C(=O)O.CC(N)=[NH+]CCC(F)CC(N)C(=O)O.CSC(N)=[NH2+].C[C@H]1CC(N)=[NH+][C@@H]2[C@H](Cl)[C@@H]21.C[NH+]=C(N)N.Cc1cc[nH+]c(N)c1.Fc1ccc(-c2ccc(OCCOc3ccc(C[N+]4=CNCC4)cc3)nc2-c2ccccc2)c(F)c1.NC(=[NH2+])n1cccn1.NC1=[NH+]CCCC1.NC1=[NH+]CCS1.NCCSC(N)=[NH2+].O=C(NCCc1ccc2c(c1)OCO2)C(CO)Nc1ccnc(-[n+]2cc[nH]c2)n1. The molecular weight excluding hydrogens is 2030 g/mol. The van der Waals surface area contributed by atoms with E-state index in [1.165, 1.54) is 64.3 Å².